The maximum absolute atomic E-state index is 13.0. The van der Waals surface area contributed by atoms with Gasteiger partial charge in [-0.3, -0.25) is 9.80 Å². The van der Waals surface area contributed by atoms with E-state index in [1.165, 1.54) is 56.0 Å². The van der Waals surface area contributed by atoms with E-state index in [1.807, 2.05) is 0 Å². The van der Waals surface area contributed by atoms with Crippen LogP contribution in [0, 0.1) is 0 Å². The smallest absolute Gasteiger partial charge is 0.369 e. The van der Waals surface area contributed by atoms with E-state index in [0.717, 1.165) is 38.3 Å². The molecule has 4 rings (SSSR count). The summed E-state index contributed by atoms with van der Waals surface area (Å²) in [6.45, 7) is 5.90. The van der Waals surface area contributed by atoms with Crippen LogP contribution in [0.5, 0.6) is 0 Å². The number of thioether (sulfide) groups is 1. The van der Waals surface area contributed by atoms with Gasteiger partial charge in [0.15, 0.2) is 0 Å². The van der Waals surface area contributed by atoms with Gasteiger partial charge in [-0.25, -0.2) is 0 Å². The third kappa shape index (κ3) is 4.57. The van der Waals surface area contributed by atoms with Gasteiger partial charge in [-0.05, 0) is 56.3 Å². The summed E-state index contributed by atoms with van der Waals surface area (Å²) in [6, 6.07) is 7.17. The van der Waals surface area contributed by atoms with Crippen molar-refractivity contribution in [1.82, 2.24) is 9.80 Å². The number of piperazine rings is 1. The van der Waals surface area contributed by atoms with Crippen LogP contribution in [-0.4, -0.2) is 72.7 Å². The fraction of sp³-hybridized carbons (Fsp3) is 0.700. The van der Waals surface area contributed by atoms with Gasteiger partial charge in [0.1, 0.15) is 0 Å². The second-order valence-electron chi connectivity index (χ2n) is 7.86. The molecule has 0 aliphatic carbocycles. The third-order valence-electron chi connectivity index (χ3n) is 6.29. The zero-order chi connectivity index (χ0) is 18.9. The Morgan fingerprint density at radius 1 is 0.852 bits per heavy atom. The van der Waals surface area contributed by atoms with E-state index < -0.39 is 11.7 Å². The standard InChI is InChI=1S/C20H28F3N3S/c21-20(22,23)16-2-1-3-18(14-16)26-11-9-25(10-12-26)17-4-7-24(8-5-17)19-6-13-27-15-19/h1-3,14,17,19H,4-13,15H2. The number of halogens is 3. The third-order valence-corrected chi connectivity index (χ3v) is 7.44. The maximum Gasteiger partial charge on any atom is 0.416 e. The Balaban J connectivity index is 1.28. The molecule has 3 aliphatic heterocycles. The molecule has 0 spiro atoms. The minimum Gasteiger partial charge on any atom is -0.369 e. The molecular weight excluding hydrogens is 371 g/mol. The Kier molecular flexibility index (Phi) is 5.90. The predicted molar refractivity (Wildman–Crippen MR) is 106 cm³/mol. The molecule has 0 amide bonds. The molecule has 1 aromatic carbocycles. The largest absolute Gasteiger partial charge is 0.416 e. The number of hydrogen-bond acceptors (Lipinski definition) is 4. The van der Waals surface area contributed by atoms with E-state index in [1.54, 1.807) is 6.07 Å². The molecular formula is C20H28F3N3S. The van der Waals surface area contributed by atoms with Crippen molar-refractivity contribution >= 4 is 17.4 Å². The molecule has 0 aromatic heterocycles. The van der Waals surface area contributed by atoms with Gasteiger partial charge < -0.3 is 4.90 Å². The van der Waals surface area contributed by atoms with Gasteiger partial charge in [0, 0.05) is 49.7 Å². The zero-order valence-corrected chi connectivity index (χ0v) is 16.4. The summed E-state index contributed by atoms with van der Waals surface area (Å²) in [5.74, 6) is 2.60. The minimum absolute atomic E-state index is 0.556. The average Bonchev–Trinajstić information content (AvgIpc) is 3.23. The highest BCUT2D eigenvalue weighted by molar-refractivity contribution is 7.99. The summed E-state index contributed by atoms with van der Waals surface area (Å²) in [7, 11) is 0. The molecule has 3 fully saturated rings. The number of likely N-dealkylation sites (tertiary alicyclic amines) is 1. The number of hydrogen-bond donors (Lipinski definition) is 0. The lowest BCUT2D eigenvalue weighted by Crippen LogP contribution is -2.54. The van der Waals surface area contributed by atoms with Gasteiger partial charge in [0.05, 0.1) is 5.56 Å². The van der Waals surface area contributed by atoms with Crippen molar-refractivity contribution in [2.45, 2.75) is 37.5 Å². The van der Waals surface area contributed by atoms with Crippen molar-refractivity contribution in [3.8, 4) is 0 Å². The highest BCUT2D eigenvalue weighted by Gasteiger charge is 2.33. The number of rotatable bonds is 3. The van der Waals surface area contributed by atoms with E-state index in [0.29, 0.717) is 11.7 Å². The molecule has 0 bridgehead atoms. The molecule has 1 aromatic rings. The number of nitrogens with zero attached hydrogens (tertiary/aromatic N) is 3. The van der Waals surface area contributed by atoms with Crippen molar-refractivity contribution in [2.24, 2.45) is 0 Å². The lowest BCUT2D eigenvalue weighted by Gasteiger charge is -2.44. The van der Waals surface area contributed by atoms with Crippen LogP contribution in [0.15, 0.2) is 24.3 Å². The first kappa shape index (κ1) is 19.4. The highest BCUT2D eigenvalue weighted by atomic mass is 32.2. The normalized spacial score (nSPS) is 26.6. The van der Waals surface area contributed by atoms with Crippen LogP contribution in [0.2, 0.25) is 0 Å². The van der Waals surface area contributed by atoms with Crippen molar-refractivity contribution in [3.05, 3.63) is 29.8 Å². The van der Waals surface area contributed by atoms with E-state index in [-0.39, 0.29) is 0 Å². The van der Waals surface area contributed by atoms with Crippen molar-refractivity contribution in [3.63, 3.8) is 0 Å². The van der Waals surface area contributed by atoms with Gasteiger partial charge in [-0.1, -0.05) is 6.07 Å². The van der Waals surface area contributed by atoms with Gasteiger partial charge in [-0.15, -0.1) is 0 Å². The van der Waals surface area contributed by atoms with Crippen LogP contribution in [-0.2, 0) is 6.18 Å². The Hall–Kier alpha value is -0.920. The molecule has 3 aliphatic rings. The van der Waals surface area contributed by atoms with E-state index >= 15 is 0 Å². The topological polar surface area (TPSA) is 9.72 Å². The van der Waals surface area contributed by atoms with Crippen molar-refractivity contribution in [2.75, 3.05) is 55.7 Å². The molecule has 150 valence electrons. The first-order valence-corrected chi connectivity index (χ1v) is 11.1. The Labute approximate surface area is 163 Å². The van der Waals surface area contributed by atoms with Gasteiger partial charge >= 0.3 is 6.18 Å². The van der Waals surface area contributed by atoms with Crippen molar-refractivity contribution in [1.29, 1.82) is 0 Å². The lowest BCUT2D eigenvalue weighted by molar-refractivity contribution is -0.137. The van der Waals surface area contributed by atoms with Crippen LogP contribution in [0.1, 0.15) is 24.8 Å². The van der Waals surface area contributed by atoms with Crippen LogP contribution in [0.25, 0.3) is 0 Å². The Morgan fingerprint density at radius 2 is 1.56 bits per heavy atom. The quantitative estimate of drug-likeness (QED) is 0.765. The number of benzene rings is 1. The van der Waals surface area contributed by atoms with Crippen LogP contribution in [0.4, 0.5) is 18.9 Å². The predicted octanol–water partition coefficient (Wildman–Crippen LogP) is 3.80. The molecule has 1 atom stereocenters. The Bertz CT molecular complexity index is 617. The molecule has 0 N–H and O–H groups in total. The summed E-state index contributed by atoms with van der Waals surface area (Å²) in [6.07, 6.45) is -0.482. The molecule has 0 saturated carbocycles. The summed E-state index contributed by atoms with van der Waals surface area (Å²) in [5.41, 5.74) is 0.137. The second-order valence-corrected chi connectivity index (χ2v) is 9.01. The monoisotopic (exact) mass is 399 g/mol. The van der Waals surface area contributed by atoms with Gasteiger partial charge in [-0.2, -0.15) is 24.9 Å². The van der Waals surface area contributed by atoms with E-state index in [2.05, 4.69) is 26.5 Å². The molecule has 3 nitrogen and oxygen atoms in total. The average molecular weight is 400 g/mol. The minimum atomic E-state index is -4.27. The molecule has 3 heterocycles. The summed E-state index contributed by atoms with van der Waals surface area (Å²) < 4.78 is 38.9. The zero-order valence-electron chi connectivity index (χ0n) is 15.6. The van der Waals surface area contributed by atoms with Crippen LogP contribution in [0.3, 0.4) is 0 Å². The fourth-order valence-electron chi connectivity index (χ4n) is 4.65. The highest BCUT2D eigenvalue weighted by Crippen LogP contribution is 2.32. The SMILES string of the molecule is FC(F)(F)c1cccc(N2CCN(C3CCN(C4CCSC4)CC3)CC2)c1. The Morgan fingerprint density at radius 3 is 2.19 bits per heavy atom. The summed E-state index contributed by atoms with van der Waals surface area (Å²) in [4.78, 5) is 7.33. The van der Waals surface area contributed by atoms with Crippen molar-refractivity contribution < 1.29 is 13.2 Å². The molecule has 0 radical (unpaired) electrons. The van der Waals surface area contributed by atoms with Gasteiger partial charge in [0.2, 0.25) is 0 Å². The fourth-order valence-corrected chi connectivity index (χ4v) is 5.91. The van der Waals surface area contributed by atoms with E-state index in [4.69, 9.17) is 0 Å². The first-order valence-electron chi connectivity index (χ1n) is 9.99. The number of anilines is 1. The summed E-state index contributed by atoms with van der Waals surface area (Å²) in [5, 5.41) is 0. The van der Waals surface area contributed by atoms with Gasteiger partial charge in [0.25, 0.3) is 0 Å². The first-order chi connectivity index (χ1) is 13.0. The number of piperidine rings is 1. The second kappa shape index (κ2) is 8.21. The summed E-state index contributed by atoms with van der Waals surface area (Å²) >= 11 is 2.08. The maximum atomic E-state index is 13.0. The molecule has 27 heavy (non-hydrogen) atoms. The molecule has 3 saturated heterocycles. The lowest BCUT2D eigenvalue weighted by atomic mass is 10.00. The molecule has 7 heteroatoms. The number of alkyl halides is 3. The van der Waals surface area contributed by atoms with Crippen LogP contribution >= 0.6 is 11.8 Å². The van der Waals surface area contributed by atoms with Crippen LogP contribution < -0.4 is 4.90 Å². The molecule has 1 unspecified atom stereocenters. The van der Waals surface area contributed by atoms with E-state index in [9.17, 15) is 13.2 Å².